The van der Waals surface area contributed by atoms with Gasteiger partial charge < -0.3 is 11.1 Å². The van der Waals surface area contributed by atoms with Gasteiger partial charge in [-0.3, -0.25) is 9.98 Å². The minimum atomic E-state index is -3.12. The van der Waals surface area contributed by atoms with Gasteiger partial charge in [-0.15, -0.1) is 0 Å². The highest BCUT2D eigenvalue weighted by atomic mass is 32.2. The average molecular weight is 402 g/mol. The van der Waals surface area contributed by atoms with Crippen molar-refractivity contribution in [2.45, 2.75) is 25.8 Å². The van der Waals surface area contributed by atoms with Crippen LogP contribution in [0.3, 0.4) is 0 Å². The molecule has 2 heterocycles. The van der Waals surface area contributed by atoms with E-state index in [2.05, 4.69) is 27.4 Å². The van der Waals surface area contributed by atoms with Crippen molar-refractivity contribution >= 4 is 38.3 Å². The van der Waals surface area contributed by atoms with Crippen LogP contribution in [0.1, 0.15) is 25.3 Å². The van der Waals surface area contributed by atoms with Crippen molar-refractivity contribution in [3.05, 3.63) is 42.4 Å². The zero-order valence-corrected chi connectivity index (χ0v) is 17.1. The molecule has 0 bridgehead atoms. The zero-order valence-electron chi connectivity index (χ0n) is 16.3. The van der Waals surface area contributed by atoms with Crippen LogP contribution in [0.2, 0.25) is 0 Å². The quantitative estimate of drug-likeness (QED) is 0.724. The number of hydrogen-bond donors (Lipinski definition) is 2. The number of piperidine rings is 1. The maximum Gasteiger partial charge on any atom is 0.213 e. The lowest BCUT2D eigenvalue weighted by Crippen LogP contribution is -2.42. The molecule has 3 rings (SSSR count). The molecule has 1 aromatic heterocycles. The van der Waals surface area contributed by atoms with Gasteiger partial charge in [0.1, 0.15) is 0 Å². The summed E-state index contributed by atoms with van der Waals surface area (Å²) in [5, 5.41) is 5.69. The zero-order chi connectivity index (χ0) is 20.1. The lowest BCUT2D eigenvalue weighted by molar-refractivity contribution is 0.330. The van der Waals surface area contributed by atoms with Crippen molar-refractivity contribution in [2.24, 2.45) is 10.7 Å². The van der Waals surface area contributed by atoms with Gasteiger partial charge in [-0.1, -0.05) is 0 Å². The van der Waals surface area contributed by atoms with E-state index in [4.69, 9.17) is 5.73 Å². The van der Waals surface area contributed by atoms with Gasteiger partial charge in [-0.25, -0.2) is 12.7 Å². The van der Waals surface area contributed by atoms with Crippen LogP contribution < -0.4 is 11.1 Å². The molecule has 28 heavy (non-hydrogen) atoms. The average Bonchev–Trinajstić information content (AvgIpc) is 2.72. The number of aromatic nitrogens is 1. The molecule has 1 aliphatic rings. The third-order valence-electron chi connectivity index (χ3n) is 5.11. The Morgan fingerprint density at radius 2 is 2.14 bits per heavy atom. The Kier molecular flexibility index (Phi) is 6.31. The Labute approximate surface area is 166 Å². The number of nitrogens with zero attached hydrogens (tertiary/aromatic N) is 3. The van der Waals surface area contributed by atoms with Gasteiger partial charge >= 0.3 is 0 Å². The number of sulfonamides is 1. The first-order valence-corrected chi connectivity index (χ1v) is 11.1. The topological polar surface area (TPSA) is 101 Å². The summed E-state index contributed by atoms with van der Waals surface area (Å²) in [6.07, 6.45) is 8.43. The van der Waals surface area contributed by atoms with Gasteiger partial charge in [-0.2, -0.15) is 0 Å². The second-order valence-corrected chi connectivity index (χ2v) is 9.11. The van der Waals surface area contributed by atoms with Crippen LogP contribution in [0.15, 0.2) is 41.8 Å². The molecule has 150 valence electrons. The molecule has 7 nitrogen and oxygen atoms in total. The maximum atomic E-state index is 12.1. The predicted octanol–water partition coefficient (Wildman–Crippen LogP) is 2.46. The van der Waals surface area contributed by atoms with Crippen LogP contribution >= 0.6 is 0 Å². The minimum Gasteiger partial charge on any atom is -0.404 e. The van der Waals surface area contributed by atoms with Crippen LogP contribution in [-0.2, 0) is 10.0 Å². The van der Waals surface area contributed by atoms with Gasteiger partial charge in [0.05, 0.1) is 5.75 Å². The van der Waals surface area contributed by atoms with E-state index in [9.17, 15) is 8.42 Å². The molecule has 0 spiro atoms. The van der Waals surface area contributed by atoms with Crippen LogP contribution in [0.25, 0.3) is 16.3 Å². The first-order valence-electron chi connectivity index (χ1n) is 9.45. The molecule has 0 saturated carbocycles. The van der Waals surface area contributed by atoms with E-state index >= 15 is 0 Å². The van der Waals surface area contributed by atoms with Crippen molar-refractivity contribution in [1.82, 2.24) is 9.29 Å². The monoisotopic (exact) mass is 401 g/mol. The van der Waals surface area contributed by atoms with Crippen molar-refractivity contribution in [3.8, 4) is 0 Å². The number of nitrogens with one attached hydrogen (secondary N) is 1. The molecule has 0 aliphatic carbocycles. The van der Waals surface area contributed by atoms with Crippen LogP contribution in [0.4, 0.5) is 5.69 Å². The number of hydrogen-bond acceptors (Lipinski definition) is 6. The molecule has 1 aliphatic heterocycles. The molecule has 0 unspecified atom stereocenters. The summed E-state index contributed by atoms with van der Waals surface area (Å²) in [4.78, 5) is 8.34. The lowest BCUT2D eigenvalue weighted by Gasteiger charge is -2.32. The van der Waals surface area contributed by atoms with E-state index in [0.717, 1.165) is 40.4 Å². The van der Waals surface area contributed by atoms with Crippen molar-refractivity contribution in [3.63, 3.8) is 0 Å². The molecule has 1 aromatic carbocycles. The standard InChI is InChI=1S/C20H27N5O2S/c1-3-28(26,27)25-8-5-18(6-9-25)24-20-11-16(17(12-21)13-22-2)10-15-4-7-23-14-19(15)20/h4,7,10-14,18,24H,3,5-6,8-9,21H2,1-2H3/b17-12+,22-13?. The number of fused-ring (bicyclic) bond motifs is 1. The molecule has 2 aromatic rings. The number of benzene rings is 1. The summed E-state index contributed by atoms with van der Waals surface area (Å²) < 4.78 is 25.7. The number of allylic oxidation sites excluding steroid dienone is 1. The highest BCUT2D eigenvalue weighted by Gasteiger charge is 2.26. The number of aliphatic imine (C=N–C) groups is 1. The van der Waals surface area contributed by atoms with Crippen molar-refractivity contribution < 1.29 is 8.42 Å². The summed E-state index contributed by atoms with van der Waals surface area (Å²) in [5.41, 5.74) is 8.58. The minimum absolute atomic E-state index is 0.149. The summed E-state index contributed by atoms with van der Waals surface area (Å²) in [5.74, 6) is 0.149. The van der Waals surface area contributed by atoms with Crippen LogP contribution in [0, 0.1) is 0 Å². The summed E-state index contributed by atoms with van der Waals surface area (Å²) in [6, 6.07) is 6.29. The van der Waals surface area contributed by atoms with Crippen molar-refractivity contribution in [1.29, 1.82) is 0 Å². The fraction of sp³-hybridized carbons (Fsp3) is 0.400. The Hall–Kier alpha value is -2.45. The van der Waals surface area contributed by atoms with Gasteiger partial charge in [0.15, 0.2) is 0 Å². The number of pyridine rings is 1. The summed E-state index contributed by atoms with van der Waals surface area (Å²) in [6.45, 7) is 2.77. The van der Waals surface area contributed by atoms with E-state index in [1.54, 1.807) is 36.9 Å². The highest BCUT2D eigenvalue weighted by molar-refractivity contribution is 7.89. The Balaban J connectivity index is 1.87. The van der Waals surface area contributed by atoms with Crippen LogP contribution in [0.5, 0.6) is 0 Å². The van der Waals surface area contributed by atoms with Gasteiger partial charge in [-0.05, 0) is 48.9 Å². The van der Waals surface area contributed by atoms with E-state index < -0.39 is 10.0 Å². The van der Waals surface area contributed by atoms with Gasteiger partial charge in [0.25, 0.3) is 0 Å². The summed E-state index contributed by atoms with van der Waals surface area (Å²) in [7, 11) is -1.41. The largest absolute Gasteiger partial charge is 0.404 e. The molecule has 1 fully saturated rings. The number of anilines is 1. The molecule has 3 N–H and O–H groups in total. The first kappa shape index (κ1) is 20.3. The fourth-order valence-corrected chi connectivity index (χ4v) is 4.65. The smallest absolute Gasteiger partial charge is 0.213 e. The Bertz CT molecular complexity index is 993. The second-order valence-electron chi connectivity index (χ2n) is 6.85. The van der Waals surface area contributed by atoms with Gasteiger partial charge in [0, 0.05) is 67.6 Å². The lowest BCUT2D eigenvalue weighted by atomic mass is 10.00. The van der Waals surface area contributed by atoms with Gasteiger partial charge in [0.2, 0.25) is 10.0 Å². The Morgan fingerprint density at radius 1 is 1.39 bits per heavy atom. The molecule has 0 radical (unpaired) electrons. The molecule has 0 atom stereocenters. The molecular weight excluding hydrogens is 374 g/mol. The first-order chi connectivity index (χ1) is 13.5. The van der Waals surface area contributed by atoms with E-state index in [1.165, 1.54) is 0 Å². The molecule has 0 amide bonds. The fourth-order valence-electron chi connectivity index (χ4n) is 3.52. The van der Waals surface area contributed by atoms with E-state index in [0.29, 0.717) is 13.1 Å². The van der Waals surface area contributed by atoms with E-state index in [-0.39, 0.29) is 11.8 Å². The third kappa shape index (κ3) is 4.34. The molecule has 8 heteroatoms. The number of rotatable bonds is 6. The van der Waals surface area contributed by atoms with Crippen LogP contribution in [-0.4, -0.2) is 55.9 Å². The third-order valence-corrected chi connectivity index (χ3v) is 6.99. The predicted molar refractivity (Wildman–Crippen MR) is 116 cm³/mol. The molecule has 1 saturated heterocycles. The Morgan fingerprint density at radius 3 is 2.79 bits per heavy atom. The maximum absolute atomic E-state index is 12.1. The van der Waals surface area contributed by atoms with E-state index in [1.807, 2.05) is 12.3 Å². The number of nitrogens with two attached hydrogens (primary N) is 1. The summed E-state index contributed by atoms with van der Waals surface area (Å²) >= 11 is 0. The van der Waals surface area contributed by atoms with Crippen molar-refractivity contribution in [2.75, 3.05) is 31.2 Å². The highest BCUT2D eigenvalue weighted by Crippen LogP contribution is 2.29. The molecular formula is C20H27N5O2S. The second kappa shape index (κ2) is 8.70. The SMILES string of the molecule is CCS(=O)(=O)N1CCC(Nc2cc(/C(C=NC)=C/N)cc3ccncc23)CC1. The normalized spacial score (nSPS) is 17.4.